The van der Waals surface area contributed by atoms with E-state index in [-0.39, 0.29) is 36.3 Å². The lowest BCUT2D eigenvalue weighted by Gasteiger charge is -2.23. The van der Waals surface area contributed by atoms with Crippen molar-refractivity contribution in [3.8, 4) is 22.7 Å². The molecule has 1 aromatic heterocycles. The number of hydrogen-bond acceptors (Lipinski definition) is 6. The SMILES string of the molecule is COc1cccc(-c2nn(-c3cc(N4CC[C@@H](NC(C)=O)C4)ccc3C(F)(F)F)c(=O)c3c2CCN3C(N)=O)c1. The zero-order valence-corrected chi connectivity index (χ0v) is 21.8. The van der Waals surface area contributed by atoms with Gasteiger partial charge in [-0.3, -0.25) is 14.5 Å². The summed E-state index contributed by atoms with van der Waals surface area (Å²) < 4.78 is 48.8. The van der Waals surface area contributed by atoms with Crippen molar-refractivity contribution in [2.75, 3.05) is 36.5 Å². The maximum Gasteiger partial charge on any atom is 0.418 e. The van der Waals surface area contributed by atoms with Gasteiger partial charge in [-0.05, 0) is 43.2 Å². The molecule has 3 heterocycles. The van der Waals surface area contributed by atoms with E-state index in [9.17, 15) is 27.6 Å². The van der Waals surface area contributed by atoms with Gasteiger partial charge in [-0.2, -0.15) is 23.0 Å². The molecule has 2 aromatic carbocycles. The van der Waals surface area contributed by atoms with Gasteiger partial charge >= 0.3 is 12.2 Å². The monoisotopic (exact) mass is 556 g/mol. The fraction of sp³-hybridized carbons (Fsp3) is 0.333. The van der Waals surface area contributed by atoms with Crippen LogP contribution in [0.15, 0.2) is 47.3 Å². The Kier molecular flexibility index (Phi) is 6.90. The van der Waals surface area contributed by atoms with Crippen LogP contribution in [-0.2, 0) is 17.4 Å². The highest BCUT2D eigenvalue weighted by Crippen LogP contribution is 2.38. The van der Waals surface area contributed by atoms with Crippen LogP contribution in [0.25, 0.3) is 16.9 Å². The highest BCUT2D eigenvalue weighted by atomic mass is 19.4. The maximum atomic E-state index is 14.3. The van der Waals surface area contributed by atoms with Crippen LogP contribution in [0.4, 0.5) is 29.3 Å². The Balaban J connectivity index is 1.72. The highest BCUT2D eigenvalue weighted by molar-refractivity contribution is 5.94. The molecule has 2 aliphatic rings. The first-order valence-electron chi connectivity index (χ1n) is 12.6. The quantitative estimate of drug-likeness (QED) is 0.498. The van der Waals surface area contributed by atoms with Gasteiger partial charge in [-0.25, -0.2) is 4.79 Å². The Hall–Kier alpha value is -4.55. The third-order valence-corrected chi connectivity index (χ3v) is 7.11. The second-order valence-corrected chi connectivity index (χ2v) is 9.70. The molecule has 10 nitrogen and oxygen atoms in total. The Morgan fingerprint density at radius 3 is 2.60 bits per heavy atom. The molecule has 5 rings (SSSR count). The first-order valence-corrected chi connectivity index (χ1v) is 12.6. The number of amides is 3. The number of primary amides is 1. The van der Waals surface area contributed by atoms with E-state index in [4.69, 9.17) is 10.5 Å². The van der Waals surface area contributed by atoms with E-state index in [1.807, 2.05) is 4.90 Å². The number of anilines is 2. The average Bonchev–Trinajstić information content (AvgIpc) is 3.56. The number of nitrogens with zero attached hydrogens (tertiary/aromatic N) is 4. The van der Waals surface area contributed by atoms with Crippen LogP contribution in [0.1, 0.15) is 24.5 Å². The number of halogens is 3. The summed E-state index contributed by atoms with van der Waals surface area (Å²) in [6, 6.07) is 9.19. The van der Waals surface area contributed by atoms with Gasteiger partial charge < -0.3 is 20.7 Å². The number of carbonyl (C=O) groups is 2. The van der Waals surface area contributed by atoms with Crippen LogP contribution < -0.4 is 31.1 Å². The number of fused-ring (bicyclic) bond motifs is 1. The lowest BCUT2D eigenvalue weighted by Crippen LogP contribution is -2.39. The molecule has 0 saturated carbocycles. The van der Waals surface area contributed by atoms with Crippen LogP contribution in [-0.4, -0.2) is 54.5 Å². The third-order valence-electron chi connectivity index (χ3n) is 7.11. The molecule has 1 atom stereocenters. The first-order chi connectivity index (χ1) is 19.0. The van der Waals surface area contributed by atoms with E-state index in [1.54, 1.807) is 24.3 Å². The van der Waals surface area contributed by atoms with Gasteiger partial charge in [0.05, 0.1) is 24.1 Å². The van der Waals surface area contributed by atoms with E-state index in [0.717, 1.165) is 11.0 Å². The van der Waals surface area contributed by atoms with Crippen LogP contribution >= 0.6 is 0 Å². The van der Waals surface area contributed by atoms with Crippen LogP contribution in [0, 0.1) is 0 Å². The van der Waals surface area contributed by atoms with Gasteiger partial charge in [0.1, 0.15) is 11.4 Å². The minimum atomic E-state index is -4.81. The maximum absolute atomic E-state index is 14.3. The van der Waals surface area contributed by atoms with Gasteiger partial charge in [0.25, 0.3) is 5.56 Å². The zero-order valence-electron chi connectivity index (χ0n) is 21.8. The largest absolute Gasteiger partial charge is 0.497 e. The second-order valence-electron chi connectivity index (χ2n) is 9.70. The molecule has 0 aliphatic carbocycles. The van der Waals surface area contributed by atoms with Crippen molar-refractivity contribution in [3.05, 3.63) is 63.9 Å². The predicted molar refractivity (Wildman–Crippen MR) is 142 cm³/mol. The van der Waals surface area contributed by atoms with E-state index in [2.05, 4.69) is 10.4 Å². The molecule has 0 bridgehead atoms. The Labute approximate surface area is 227 Å². The van der Waals surface area contributed by atoms with Crippen molar-refractivity contribution in [1.29, 1.82) is 0 Å². The minimum absolute atomic E-state index is 0.0903. The van der Waals surface area contributed by atoms with Gasteiger partial charge in [0.15, 0.2) is 0 Å². The molecule has 0 unspecified atom stereocenters. The van der Waals surface area contributed by atoms with Crippen LogP contribution in [0.2, 0.25) is 0 Å². The van der Waals surface area contributed by atoms with Crippen LogP contribution in [0.3, 0.4) is 0 Å². The van der Waals surface area contributed by atoms with Crippen molar-refractivity contribution >= 4 is 23.3 Å². The number of carbonyl (C=O) groups excluding carboxylic acids is 2. The molecule has 0 spiro atoms. The lowest BCUT2D eigenvalue weighted by atomic mass is 10.0. The molecule has 0 radical (unpaired) electrons. The molecule has 40 heavy (non-hydrogen) atoms. The van der Waals surface area contributed by atoms with Gasteiger partial charge in [0, 0.05) is 49.4 Å². The number of hydrogen-bond donors (Lipinski definition) is 2. The normalized spacial score (nSPS) is 16.7. The lowest BCUT2D eigenvalue weighted by molar-refractivity contribution is -0.137. The van der Waals surface area contributed by atoms with E-state index >= 15 is 0 Å². The highest BCUT2D eigenvalue weighted by Gasteiger charge is 2.38. The number of nitrogens with one attached hydrogen (secondary N) is 1. The molecule has 3 aromatic rings. The third kappa shape index (κ3) is 4.94. The van der Waals surface area contributed by atoms with Gasteiger partial charge in [0.2, 0.25) is 5.91 Å². The standard InChI is InChI=1S/C27H27F3N6O4/c1-15(37)32-17-8-10-34(14-17)18-6-7-21(27(28,29)30)22(13-18)36-25(38)24-20(9-11-35(24)26(31)39)23(33-36)16-4-3-5-19(12-16)40-2/h3-7,12-13,17H,8-11,14H2,1-2H3,(H2,31,39)(H,32,37)/t17-/m1/s1. The van der Waals surface area contributed by atoms with Crippen molar-refractivity contribution in [3.63, 3.8) is 0 Å². The van der Waals surface area contributed by atoms with Crippen molar-refractivity contribution in [2.45, 2.75) is 32.0 Å². The zero-order chi connectivity index (χ0) is 28.8. The number of aromatic nitrogens is 2. The first kappa shape index (κ1) is 27.0. The summed E-state index contributed by atoms with van der Waals surface area (Å²) in [7, 11) is 1.47. The molecule has 1 saturated heterocycles. The summed E-state index contributed by atoms with van der Waals surface area (Å²) in [5, 5.41) is 7.27. The number of urea groups is 1. The molecule has 1 fully saturated rings. The van der Waals surface area contributed by atoms with Crippen molar-refractivity contribution in [2.24, 2.45) is 5.73 Å². The van der Waals surface area contributed by atoms with Gasteiger partial charge in [-0.15, -0.1) is 0 Å². The van der Waals surface area contributed by atoms with Crippen molar-refractivity contribution < 1.29 is 27.5 Å². The molecule has 3 amide bonds. The number of nitrogens with two attached hydrogens (primary N) is 1. The molecule has 210 valence electrons. The second kappa shape index (κ2) is 10.2. The molecular formula is C27H27F3N6O4. The summed E-state index contributed by atoms with van der Waals surface area (Å²) in [5.41, 5.74) is 4.57. The number of methoxy groups -OCH3 is 1. The molecule has 13 heteroatoms. The fourth-order valence-corrected chi connectivity index (χ4v) is 5.32. The minimum Gasteiger partial charge on any atom is -0.497 e. The molecule has 3 N–H and O–H groups in total. The van der Waals surface area contributed by atoms with E-state index < -0.39 is 29.0 Å². The van der Waals surface area contributed by atoms with Gasteiger partial charge in [-0.1, -0.05) is 12.1 Å². The number of rotatable bonds is 5. The number of alkyl halides is 3. The summed E-state index contributed by atoms with van der Waals surface area (Å²) in [6.45, 7) is 2.38. The predicted octanol–water partition coefficient (Wildman–Crippen LogP) is 3.08. The van der Waals surface area contributed by atoms with E-state index in [0.29, 0.717) is 46.8 Å². The Morgan fingerprint density at radius 2 is 1.93 bits per heavy atom. The summed E-state index contributed by atoms with van der Waals surface area (Å²) in [4.78, 5) is 40.4. The summed E-state index contributed by atoms with van der Waals surface area (Å²) >= 11 is 0. The Bertz CT molecular complexity index is 1550. The smallest absolute Gasteiger partial charge is 0.418 e. The van der Waals surface area contributed by atoms with Crippen molar-refractivity contribution in [1.82, 2.24) is 15.1 Å². The van der Waals surface area contributed by atoms with E-state index in [1.165, 1.54) is 26.2 Å². The molecular weight excluding hydrogens is 529 g/mol. The van der Waals surface area contributed by atoms with Crippen LogP contribution in [0.5, 0.6) is 5.75 Å². The number of benzene rings is 2. The molecule has 2 aliphatic heterocycles. The fourth-order valence-electron chi connectivity index (χ4n) is 5.32. The Morgan fingerprint density at radius 1 is 1.15 bits per heavy atom. The summed E-state index contributed by atoms with van der Waals surface area (Å²) in [5.74, 6) is 0.286. The number of ether oxygens (including phenoxy) is 1. The summed E-state index contributed by atoms with van der Waals surface area (Å²) in [6.07, 6.45) is -3.95. The topological polar surface area (TPSA) is 123 Å². The average molecular weight is 557 g/mol.